The minimum absolute atomic E-state index is 0.134. The number of benzene rings is 2. The molecule has 32 heavy (non-hydrogen) atoms. The highest BCUT2D eigenvalue weighted by atomic mass is 79.9. The van der Waals surface area contributed by atoms with E-state index in [-0.39, 0.29) is 23.1 Å². The van der Waals surface area contributed by atoms with Crippen LogP contribution in [0.2, 0.25) is 0 Å². The quantitative estimate of drug-likeness (QED) is 0.432. The number of hydrogen-bond donors (Lipinski definition) is 1. The van der Waals surface area contributed by atoms with Crippen molar-refractivity contribution in [3.63, 3.8) is 0 Å². The van der Waals surface area contributed by atoms with E-state index in [0.29, 0.717) is 21.9 Å². The summed E-state index contributed by atoms with van der Waals surface area (Å²) in [5.41, 5.74) is 2.81. The number of likely N-dealkylation sites (tertiary alicyclic amines) is 1. The Hall–Kier alpha value is -2.84. The molecule has 5 rings (SSSR count). The highest BCUT2D eigenvalue weighted by molar-refractivity contribution is 9.10. The van der Waals surface area contributed by atoms with E-state index in [2.05, 4.69) is 37.7 Å². The number of nitrogens with one attached hydrogen (secondary N) is 1. The molecule has 1 fully saturated rings. The smallest absolute Gasteiger partial charge is 0.275 e. The van der Waals surface area contributed by atoms with E-state index in [0.717, 1.165) is 36.5 Å². The maximum absolute atomic E-state index is 13.4. The Morgan fingerprint density at radius 3 is 2.41 bits per heavy atom. The second kappa shape index (κ2) is 8.26. The van der Waals surface area contributed by atoms with Crippen LogP contribution in [0.4, 0.5) is 8.78 Å². The van der Waals surface area contributed by atoms with Crippen molar-refractivity contribution >= 4 is 21.4 Å². The van der Waals surface area contributed by atoms with Crippen LogP contribution in [-0.2, 0) is 6.54 Å². The first-order chi connectivity index (χ1) is 15.4. The molecule has 0 aliphatic carbocycles. The number of hydrogen-bond acceptors (Lipinski definition) is 3. The molecule has 1 saturated heterocycles. The number of aromatic nitrogens is 3. The molecule has 2 aromatic heterocycles. The van der Waals surface area contributed by atoms with Crippen LogP contribution in [-0.4, -0.2) is 32.4 Å². The Labute approximate surface area is 191 Å². The van der Waals surface area contributed by atoms with Crippen LogP contribution >= 0.6 is 15.9 Å². The summed E-state index contributed by atoms with van der Waals surface area (Å²) in [6.45, 7) is 4.55. The number of nitrogens with zero attached hydrogens (tertiary/aromatic N) is 3. The van der Waals surface area contributed by atoms with Crippen molar-refractivity contribution in [3.05, 3.63) is 92.6 Å². The van der Waals surface area contributed by atoms with E-state index in [9.17, 15) is 13.6 Å². The second-order valence-electron chi connectivity index (χ2n) is 8.39. The maximum Gasteiger partial charge on any atom is 0.275 e. The van der Waals surface area contributed by atoms with Gasteiger partial charge >= 0.3 is 0 Å². The van der Waals surface area contributed by atoms with Gasteiger partial charge in [0.15, 0.2) is 0 Å². The molecule has 2 atom stereocenters. The van der Waals surface area contributed by atoms with Crippen molar-refractivity contribution in [2.24, 2.45) is 5.92 Å². The average Bonchev–Trinajstić information content (AvgIpc) is 3.30. The normalized spacial score (nSPS) is 19.1. The first-order valence-electron chi connectivity index (χ1n) is 10.4. The van der Waals surface area contributed by atoms with E-state index in [1.54, 1.807) is 28.7 Å². The molecule has 0 amide bonds. The van der Waals surface area contributed by atoms with E-state index in [4.69, 9.17) is 0 Å². The van der Waals surface area contributed by atoms with E-state index in [1.807, 2.05) is 6.20 Å². The third-order valence-corrected chi connectivity index (χ3v) is 6.67. The van der Waals surface area contributed by atoms with Crippen molar-refractivity contribution in [1.82, 2.24) is 19.3 Å². The molecule has 4 aromatic rings. The molecule has 0 radical (unpaired) electrons. The first-order valence-corrected chi connectivity index (χ1v) is 11.2. The van der Waals surface area contributed by atoms with E-state index < -0.39 is 0 Å². The van der Waals surface area contributed by atoms with Crippen molar-refractivity contribution in [2.45, 2.75) is 19.4 Å². The topological polar surface area (TPSA) is 53.4 Å². The number of aromatic amines is 1. The predicted octanol–water partition coefficient (Wildman–Crippen LogP) is 4.97. The summed E-state index contributed by atoms with van der Waals surface area (Å²) in [4.78, 5) is 22.8. The standard InChI is InChI=1S/C24H21BrF2N4O/c1-14-10-30(11-15-2-6-17(26)7-3-15)12-19(14)20-13-31-21(24(32)28-20)22(25)29-23(31)16-4-8-18(27)9-5-16/h2-9,13-14,19H,10-12H2,1H3,(H,28,32). The Kier molecular flexibility index (Phi) is 5.43. The lowest BCUT2D eigenvalue weighted by atomic mass is 9.95. The van der Waals surface area contributed by atoms with Crippen molar-refractivity contribution < 1.29 is 8.78 Å². The Morgan fingerprint density at radius 2 is 1.72 bits per heavy atom. The van der Waals surface area contributed by atoms with Crippen LogP contribution in [0.15, 0.2) is 64.1 Å². The van der Waals surface area contributed by atoms with Crippen molar-refractivity contribution in [3.8, 4) is 11.4 Å². The van der Waals surface area contributed by atoms with Crippen LogP contribution in [0.25, 0.3) is 16.9 Å². The van der Waals surface area contributed by atoms with Crippen LogP contribution in [0.1, 0.15) is 24.1 Å². The van der Waals surface area contributed by atoms with Crippen LogP contribution in [0.3, 0.4) is 0 Å². The fraction of sp³-hybridized carbons (Fsp3) is 0.250. The van der Waals surface area contributed by atoms with Gasteiger partial charge in [-0.15, -0.1) is 0 Å². The molecule has 0 spiro atoms. The first kappa shape index (κ1) is 21.0. The minimum Gasteiger partial charge on any atom is -0.323 e. The summed E-state index contributed by atoms with van der Waals surface area (Å²) in [6, 6.07) is 12.6. The van der Waals surface area contributed by atoms with Gasteiger partial charge in [0.05, 0.1) is 0 Å². The Morgan fingerprint density at radius 1 is 1.06 bits per heavy atom. The third-order valence-electron chi connectivity index (χ3n) is 6.12. The van der Waals surface area contributed by atoms with Gasteiger partial charge in [-0.3, -0.25) is 14.1 Å². The molecule has 1 aliphatic rings. The number of rotatable bonds is 4. The molecular weight excluding hydrogens is 478 g/mol. The SMILES string of the molecule is CC1CN(Cc2ccc(F)cc2)CC1c1cn2c(-c3ccc(F)cc3)nc(Br)c2c(=O)[nH]1. The third kappa shape index (κ3) is 3.89. The average molecular weight is 499 g/mol. The molecule has 8 heteroatoms. The highest BCUT2D eigenvalue weighted by Gasteiger charge is 2.32. The van der Waals surface area contributed by atoms with Crippen LogP contribution < -0.4 is 5.56 Å². The molecule has 2 unspecified atom stereocenters. The van der Waals surface area contributed by atoms with Gasteiger partial charge in [-0.05, 0) is 63.8 Å². The molecule has 5 nitrogen and oxygen atoms in total. The van der Waals surface area contributed by atoms with Gasteiger partial charge in [0.1, 0.15) is 27.6 Å². The summed E-state index contributed by atoms with van der Waals surface area (Å²) < 4.78 is 28.8. The van der Waals surface area contributed by atoms with Gasteiger partial charge in [0.2, 0.25) is 0 Å². The highest BCUT2D eigenvalue weighted by Crippen LogP contribution is 2.33. The molecule has 1 aliphatic heterocycles. The molecule has 0 saturated carbocycles. The molecule has 2 aromatic carbocycles. The van der Waals surface area contributed by atoms with E-state index >= 15 is 0 Å². The molecule has 0 bridgehead atoms. The zero-order chi connectivity index (χ0) is 22.4. The summed E-state index contributed by atoms with van der Waals surface area (Å²) in [5.74, 6) is 0.469. The summed E-state index contributed by atoms with van der Waals surface area (Å²) in [7, 11) is 0. The molecular formula is C24H21BrF2N4O. The lowest BCUT2D eigenvalue weighted by Crippen LogP contribution is -2.21. The summed E-state index contributed by atoms with van der Waals surface area (Å²) in [5, 5.41) is 0. The predicted molar refractivity (Wildman–Crippen MR) is 122 cm³/mol. The maximum atomic E-state index is 13.4. The van der Waals surface area contributed by atoms with Gasteiger partial charge in [-0.1, -0.05) is 19.1 Å². The number of H-pyrrole nitrogens is 1. The lowest BCUT2D eigenvalue weighted by Gasteiger charge is -2.16. The Bertz CT molecular complexity index is 1330. The zero-order valence-electron chi connectivity index (χ0n) is 17.4. The number of halogens is 3. The lowest BCUT2D eigenvalue weighted by molar-refractivity contribution is 0.318. The molecule has 3 heterocycles. The fourth-order valence-corrected chi connectivity index (χ4v) is 5.07. The number of fused-ring (bicyclic) bond motifs is 1. The zero-order valence-corrected chi connectivity index (χ0v) is 18.9. The fourth-order valence-electron chi connectivity index (χ4n) is 4.54. The van der Waals surface area contributed by atoms with Crippen LogP contribution in [0.5, 0.6) is 0 Å². The Balaban J connectivity index is 1.48. The summed E-state index contributed by atoms with van der Waals surface area (Å²) >= 11 is 3.39. The molecule has 164 valence electrons. The van der Waals surface area contributed by atoms with Gasteiger partial charge in [-0.25, -0.2) is 13.8 Å². The molecule has 1 N–H and O–H groups in total. The second-order valence-corrected chi connectivity index (χ2v) is 9.15. The van der Waals surface area contributed by atoms with Crippen LogP contribution in [0, 0.1) is 17.6 Å². The van der Waals surface area contributed by atoms with E-state index in [1.165, 1.54) is 24.3 Å². The van der Waals surface area contributed by atoms with Crippen molar-refractivity contribution in [2.75, 3.05) is 13.1 Å². The minimum atomic E-state index is -0.326. The summed E-state index contributed by atoms with van der Waals surface area (Å²) in [6.07, 6.45) is 1.93. The number of imidazole rings is 1. The van der Waals surface area contributed by atoms with Gasteiger partial charge in [-0.2, -0.15) is 0 Å². The monoisotopic (exact) mass is 498 g/mol. The van der Waals surface area contributed by atoms with Gasteiger partial charge in [0, 0.05) is 43.0 Å². The largest absolute Gasteiger partial charge is 0.323 e. The van der Waals surface area contributed by atoms with Gasteiger partial charge < -0.3 is 4.98 Å². The van der Waals surface area contributed by atoms with Gasteiger partial charge in [0.25, 0.3) is 5.56 Å². The van der Waals surface area contributed by atoms with Crippen molar-refractivity contribution in [1.29, 1.82) is 0 Å².